The first kappa shape index (κ1) is 18.6. The Balaban J connectivity index is 2.42. The molecule has 1 aliphatic rings. The van der Waals surface area contributed by atoms with Crippen LogP contribution in [0.1, 0.15) is 37.6 Å². The monoisotopic (exact) mass is 396 g/mol. The summed E-state index contributed by atoms with van der Waals surface area (Å²) in [6.45, 7) is 5.33. The van der Waals surface area contributed by atoms with Crippen LogP contribution in [0.5, 0.6) is 0 Å². The van der Waals surface area contributed by atoms with Gasteiger partial charge in [0.2, 0.25) is 0 Å². The quantitative estimate of drug-likeness (QED) is 0.433. The van der Waals surface area contributed by atoms with Gasteiger partial charge in [-0.3, -0.25) is 14.4 Å². The molecule has 0 bridgehead atoms. The minimum absolute atomic E-state index is 0.102. The van der Waals surface area contributed by atoms with Gasteiger partial charge in [-0.15, -0.1) is 0 Å². The first-order valence-electron chi connectivity index (χ1n) is 7.83. The number of rotatable bonds is 5. The van der Waals surface area contributed by atoms with Crippen molar-refractivity contribution in [3.05, 3.63) is 34.3 Å². The van der Waals surface area contributed by atoms with Crippen molar-refractivity contribution in [2.45, 2.75) is 32.8 Å². The summed E-state index contributed by atoms with van der Waals surface area (Å²) in [6.07, 6.45) is 0.493. The maximum Gasteiger partial charge on any atom is 0.321 e. The second-order valence-electron chi connectivity index (χ2n) is 6.44. The number of hydrogen-bond donors (Lipinski definition) is 0. The fourth-order valence-corrected chi connectivity index (χ4v) is 3.72. The lowest BCUT2D eigenvalue weighted by molar-refractivity contribution is -0.156. The molecule has 1 aliphatic heterocycles. The Morgan fingerprint density at radius 1 is 1.29 bits per heavy atom. The molecule has 0 N–H and O–H groups in total. The summed E-state index contributed by atoms with van der Waals surface area (Å²) in [6, 6.07) is 7.04. The van der Waals surface area contributed by atoms with Crippen molar-refractivity contribution in [1.29, 1.82) is 0 Å². The number of hydrogen-bond acceptors (Lipinski definition) is 5. The zero-order valence-corrected chi connectivity index (χ0v) is 15.8. The van der Waals surface area contributed by atoms with E-state index in [9.17, 15) is 14.4 Å². The molecule has 3 atom stereocenters. The van der Waals surface area contributed by atoms with E-state index in [1.807, 2.05) is 6.92 Å². The van der Waals surface area contributed by atoms with Crippen LogP contribution in [0.3, 0.4) is 0 Å². The fraction of sp³-hybridized carbons (Fsp3) is 0.500. The molecule has 1 saturated heterocycles. The van der Waals surface area contributed by atoms with Crippen molar-refractivity contribution >= 4 is 33.7 Å². The summed E-state index contributed by atoms with van der Waals surface area (Å²) in [5, 5.41) is 0. The average Bonchev–Trinajstić information content (AvgIpc) is 2.77. The van der Waals surface area contributed by atoms with E-state index >= 15 is 0 Å². The molecule has 6 heteroatoms. The van der Waals surface area contributed by atoms with Crippen LogP contribution in [-0.4, -0.2) is 30.4 Å². The molecule has 0 unspecified atom stereocenters. The van der Waals surface area contributed by atoms with Gasteiger partial charge >= 0.3 is 11.9 Å². The first-order chi connectivity index (χ1) is 11.2. The molecule has 0 aliphatic carbocycles. The lowest BCUT2D eigenvalue weighted by Gasteiger charge is -2.32. The van der Waals surface area contributed by atoms with Gasteiger partial charge in [0.05, 0.1) is 7.11 Å². The minimum Gasteiger partial charge on any atom is -0.468 e. The van der Waals surface area contributed by atoms with Gasteiger partial charge in [0, 0.05) is 21.9 Å². The third-order valence-corrected chi connectivity index (χ3v) is 5.10. The van der Waals surface area contributed by atoms with Gasteiger partial charge in [-0.2, -0.15) is 0 Å². The number of benzene rings is 1. The molecular formula is C18H21BrO5. The molecule has 1 heterocycles. The number of esters is 2. The summed E-state index contributed by atoms with van der Waals surface area (Å²) in [7, 11) is 1.23. The van der Waals surface area contributed by atoms with Crippen LogP contribution in [0.25, 0.3) is 0 Å². The Bertz CT molecular complexity index is 650. The van der Waals surface area contributed by atoms with Crippen molar-refractivity contribution < 1.29 is 23.9 Å². The van der Waals surface area contributed by atoms with Crippen LogP contribution < -0.4 is 0 Å². The van der Waals surface area contributed by atoms with E-state index in [-0.39, 0.29) is 5.78 Å². The van der Waals surface area contributed by atoms with E-state index in [1.54, 1.807) is 38.1 Å². The SMILES string of the molecule is CC[C@@H](C(=O)c1ccc(Br)cc1)[C@@H]1[C@@H](C(=O)OC)C(=O)OC1(C)C. The largest absolute Gasteiger partial charge is 0.468 e. The molecule has 5 nitrogen and oxygen atoms in total. The summed E-state index contributed by atoms with van der Waals surface area (Å²) in [5.41, 5.74) is -0.370. The van der Waals surface area contributed by atoms with E-state index in [1.165, 1.54) is 7.11 Å². The average molecular weight is 397 g/mol. The fourth-order valence-electron chi connectivity index (χ4n) is 3.46. The molecule has 0 aromatic heterocycles. The van der Waals surface area contributed by atoms with Crippen molar-refractivity contribution in [2.75, 3.05) is 7.11 Å². The van der Waals surface area contributed by atoms with Crippen LogP contribution in [0.4, 0.5) is 0 Å². The molecule has 0 spiro atoms. The predicted octanol–water partition coefficient (Wildman–Crippen LogP) is 3.40. The van der Waals surface area contributed by atoms with Gasteiger partial charge in [0.1, 0.15) is 5.60 Å². The highest BCUT2D eigenvalue weighted by Gasteiger charge is 2.57. The Labute approximate surface area is 149 Å². The van der Waals surface area contributed by atoms with E-state index in [2.05, 4.69) is 15.9 Å². The Morgan fingerprint density at radius 3 is 2.38 bits per heavy atom. The molecule has 2 rings (SSSR count). The number of cyclic esters (lactones) is 1. The summed E-state index contributed by atoms with van der Waals surface area (Å²) >= 11 is 3.34. The second kappa shape index (κ2) is 7.05. The number of halogens is 1. The number of ether oxygens (including phenoxy) is 2. The second-order valence-corrected chi connectivity index (χ2v) is 7.35. The normalized spacial score (nSPS) is 23.5. The molecular weight excluding hydrogens is 376 g/mol. The topological polar surface area (TPSA) is 69.7 Å². The number of carbonyl (C=O) groups is 3. The van der Waals surface area contributed by atoms with Gasteiger partial charge in [-0.1, -0.05) is 35.0 Å². The van der Waals surface area contributed by atoms with Crippen LogP contribution in [0, 0.1) is 17.8 Å². The maximum absolute atomic E-state index is 13.0. The smallest absolute Gasteiger partial charge is 0.321 e. The van der Waals surface area contributed by atoms with Gasteiger partial charge in [-0.25, -0.2) is 0 Å². The lowest BCUT2D eigenvalue weighted by Crippen LogP contribution is -2.42. The Kier molecular flexibility index (Phi) is 5.48. The number of methoxy groups -OCH3 is 1. The zero-order chi connectivity index (χ0) is 18.1. The van der Waals surface area contributed by atoms with Crippen molar-refractivity contribution in [3.63, 3.8) is 0 Å². The summed E-state index contributed by atoms with van der Waals surface area (Å²) in [4.78, 5) is 37.3. The lowest BCUT2D eigenvalue weighted by atomic mass is 9.70. The maximum atomic E-state index is 13.0. The zero-order valence-electron chi connectivity index (χ0n) is 14.2. The van der Waals surface area contributed by atoms with E-state index < -0.39 is 35.3 Å². The third-order valence-electron chi connectivity index (χ3n) is 4.57. The van der Waals surface area contributed by atoms with E-state index in [0.29, 0.717) is 12.0 Å². The van der Waals surface area contributed by atoms with Gasteiger partial charge in [-0.05, 0) is 32.4 Å². The predicted molar refractivity (Wildman–Crippen MR) is 91.4 cm³/mol. The molecule has 1 fully saturated rings. The minimum atomic E-state index is -1.07. The van der Waals surface area contributed by atoms with Gasteiger partial charge in [0.15, 0.2) is 11.7 Å². The Morgan fingerprint density at radius 2 is 1.88 bits per heavy atom. The molecule has 130 valence electrons. The summed E-state index contributed by atoms with van der Waals surface area (Å²) < 4.78 is 11.0. The molecule has 1 aromatic carbocycles. The summed E-state index contributed by atoms with van der Waals surface area (Å²) in [5.74, 6) is -3.54. The van der Waals surface area contributed by atoms with Crippen LogP contribution in [0.15, 0.2) is 28.7 Å². The third kappa shape index (κ3) is 3.38. The number of Topliss-reactive ketones (excluding diaryl/α,β-unsaturated/α-hetero) is 1. The van der Waals surface area contributed by atoms with Crippen molar-refractivity contribution in [3.8, 4) is 0 Å². The first-order valence-corrected chi connectivity index (χ1v) is 8.62. The molecule has 0 saturated carbocycles. The highest BCUT2D eigenvalue weighted by atomic mass is 79.9. The molecule has 0 amide bonds. The highest BCUT2D eigenvalue weighted by molar-refractivity contribution is 9.10. The molecule has 0 radical (unpaired) electrons. The molecule has 24 heavy (non-hydrogen) atoms. The van der Waals surface area contributed by atoms with E-state index in [0.717, 1.165) is 4.47 Å². The standard InChI is InChI=1S/C18H21BrO5/c1-5-12(15(20)10-6-8-11(19)9-7-10)14-13(16(21)23-4)17(22)24-18(14,2)3/h6-9,12-14H,5H2,1-4H3/t12-,13+,14-/m1/s1. The number of carbonyl (C=O) groups excluding carboxylic acids is 3. The van der Waals surface area contributed by atoms with Crippen LogP contribution in [0.2, 0.25) is 0 Å². The highest BCUT2D eigenvalue weighted by Crippen LogP contribution is 2.44. The van der Waals surface area contributed by atoms with Gasteiger partial charge < -0.3 is 9.47 Å². The van der Waals surface area contributed by atoms with Crippen molar-refractivity contribution in [2.24, 2.45) is 17.8 Å². The van der Waals surface area contributed by atoms with Crippen LogP contribution in [-0.2, 0) is 19.1 Å². The molecule has 1 aromatic rings. The Hall–Kier alpha value is -1.69. The van der Waals surface area contributed by atoms with Crippen molar-refractivity contribution in [1.82, 2.24) is 0 Å². The van der Waals surface area contributed by atoms with E-state index in [4.69, 9.17) is 9.47 Å². The van der Waals surface area contributed by atoms with Gasteiger partial charge in [0.25, 0.3) is 0 Å². The number of ketones is 1. The van der Waals surface area contributed by atoms with Crippen LogP contribution >= 0.6 is 15.9 Å².